The fourth-order valence-electron chi connectivity index (χ4n) is 1.42. The zero-order chi connectivity index (χ0) is 13.5. The Labute approximate surface area is 107 Å². The van der Waals surface area contributed by atoms with E-state index >= 15 is 0 Å². The van der Waals surface area contributed by atoms with Gasteiger partial charge in [-0.1, -0.05) is 18.2 Å². The van der Waals surface area contributed by atoms with E-state index in [0.29, 0.717) is 12.3 Å². The number of hydrogen-bond acceptors (Lipinski definition) is 4. The standard InChI is InChI=1S/C13H20N2O3/c1-10(8-16)15(2)13(17)9-18-12-6-4-3-5-11(12)7-14/h3-6,10,16H,7-9,14H2,1-2H3. The number of nitrogens with two attached hydrogens (primary N) is 1. The molecular weight excluding hydrogens is 232 g/mol. The van der Waals surface area contributed by atoms with Crippen LogP contribution in [0.1, 0.15) is 12.5 Å². The van der Waals surface area contributed by atoms with Crippen molar-refractivity contribution < 1.29 is 14.6 Å². The van der Waals surface area contributed by atoms with Gasteiger partial charge in [-0.15, -0.1) is 0 Å². The number of nitrogens with zero attached hydrogens (tertiary/aromatic N) is 1. The molecule has 0 radical (unpaired) electrons. The van der Waals surface area contributed by atoms with Crippen LogP contribution in [0.25, 0.3) is 0 Å². The highest BCUT2D eigenvalue weighted by molar-refractivity contribution is 5.77. The molecule has 1 unspecified atom stereocenters. The minimum atomic E-state index is -0.217. The summed E-state index contributed by atoms with van der Waals surface area (Å²) in [6.45, 7) is 2.01. The van der Waals surface area contributed by atoms with E-state index in [1.165, 1.54) is 4.90 Å². The predicted octanol–water partition coefficient (Wildman–Crippen LogP) is 0.363. The first-order valence-corrected chi connectivity index (χ1v) is 5.87. The summed E-state index contributed by atoms with van der Waals surface area (Å²) in [5.74, 6) is 0.446. The van der Waals surface area contributed by atoms with Gasteiger partial charge in [0.05, 0.1) is 12.6 Å². The van der Waals surface area contributed by atoms with E-state index in [-0.39, 0.29) is 25.2 Å². The first kappa shape index (κ1) is 14.5. The second kappa shape index (κ2) is 6.98. The molecule has 0 aliphatic carbocycles. The van der Waals surface area contributed by atoms with Crippen LogP contribution in [0.2, 0.25) is 0 Å². The Bertz CT molecular complexity index is 396. The molecule has 100 valence electrons. The van der Waals surface area contributed by atoms with Gasteiger partial charge in [0.2, 0.25) is 0 Å². The van der Waals surface area contributed by atoms with Gasteiger partial charge in [-0.25, -0.2) is 0 Å². The van der Waals surface area contributed by atoms with Crippen LogP contribution in [0, 0.1) is 0 Å². The van der Waals surface area contributed by atoms with Crippen molar-refractivity contribution in [2.75, 3.05) is 20.3 Å². The summed E-state index contributed by atoms with van der Waals surface area (Å²) in [6, 6.07) is 7.13. The van der Waals surface area contributed by atoms with Gasteiger partial charge in [0.25, 0.3) is 5.91 Å². The average molecular weight is 252 g/mol. The van der Waals surface area contributed by atoms with Gasteiger partial charge >= 0.3 is 0 Å². The minimum Gasteiger partial charge on any atom is -0.483 e. The largest absolute Gasteiger partial charge is 0.483 e. The smallest absolute Gasteiger partial charge is 0.260 e. The molecule has 0 heterocycles. The molecule has 1 aromatic carbocycles. The number of aliphatic hydroxyl groups excluding tert-OH is 1. The van der Waals surface area contributed by atoms with Crippen LogP contribution in [-0.4, -0.2) is 42.2 Å². The zero-order valence-electron chi connectivity index (χ0n) is 10.8. The van der Waals surface area contributed by atoms with Gasteiger partial charge in [0.1, 0.15) is 5.75 Å². The Hall–Kier alpha value is -1.59. The van der Waals surface area contributed by atoms with Crippen LogP contribution in [-0.2, 0) is 11.3 Å². The van der Waals surface area contributed by atoms with Crippen LogP contribution >= 0.6 is 0 Å². The molecule has 3 N–H and O–H groups in total. The highest BCUT2D eigenvalue weighted by atomic mass is 16.5. The lowest BCUT2D eigenvalue weighted by molar-refractivity contribution is -0.134. The number of para-hydroxylation sites is 1. The quantitative estimate of drug-likeness (QED) is 0.766. The van der Waals surface area contributed by atoms with E-state index in [1.807, 2.05) is 18.2 Å². The van der Waals surface area contributed by atoms with E-state index in [2.05, 4.69) is 0 Å². The second-order valence-corrected chi connectivity index (χ2v) is 4.14. The van der Waals surface area contributed by atoms with E-state index in [4.69, 9.17) is 15.6 Å². The van der Waals surface area contributed by atoms with E-state index in [1.54, 1.807) is 20.0 Å². The molecule has 1 aromatic rings. The van der Waals surface area contributed by atoms with Crippen molar-refractivity contribution in [3.63, 3.8) is 0 Å². The van der Waals surface area contributed by atoms with Crippen molar-refractivity contribution in [1.82, 2.24) is 4.90 Å². The third-order valence-electron chi connectivity index (χ3n) is 2.86. The molecule has 0 aliphatic heterocycles. The molecule has 5 nitrogen and oxygen atoms in total. The highest BCUT2D eigenvalue weighted by Gasteiger charge is 2.15. The third-order valence-corrected chi connectivity index (χ3v) is 2.86. The van der Waals surface area contributed by atoms with Crippen molar-refractivity contribution >= 4 is 5.91 Å². The lowest BCUT2D eigenvalue weighted by Crippen LogP contribution is -2.40. The summed E-state index contributed by atoms with van der Waals surface area (Å²) in [7, 11) is 1.64. The van der Waals surface area contributed by atoms with Gasteiger partial charge in [0, 0.05) is 19.2 Å². The number of benzene rings is 1. The molecule has 1 atom stereocenters. The first-order valence-electron chi connectivity index (χ1n) is 5.87. The van der Waals surface area contributed by atoms with Crippen molar-refractivity contribution in [1.29, 1.82) is 0 Å². The van der Waals surface area contributed by atoms with Crippen molar-refractivity contribution in [2.24, 2.45) is 5.73 Å². The second-order valence-electron chi connectivity index (χ2n) is 4.14. The number of likely N-dealkylation sites (N-methyl/N-ethyl adjacent to an activating group) is 1. The molecule has 0 fully saturated rings. The molecule has 1 rings (SSSR count). The van der Waals surface area contributed by atoms with Crippen LogP contribution in [0.5, 0.6) is 5.75 Å². The molecule has 0 spiro atoms. The summed E-state index contributed by atoms with van der Waals surface area (Å²) >= 11 is 0. The van der Waals surface area contributed by atoms with Gasteiger partial charge in [-0.3, -0.25) is 4.79 Å². The van der Waals surface area contributed by atoms with E-state index in [9.17, 15) is 4.79 Å². The maximum Gasteiger partial charge on any atom is 0.260 e. The molecule has 0 aliphatic rings. The van der Waals surface area contributed by atoms with Crippen molar-refractivity contribution in [3.05, 3.63) is 29.8 Å². The van der Waals surface area contributed by atoms with Crippen molar-refractivity contribution in [3.8, 4) is 5.75 Å². The number of carbonyl (C=O) groups is 1. The molecule has 0 aromatic heterocycles. The number of amides is 1. The van der Waals surface area contributed by atoms with E-state index < -0.39 is 0 Å². The summed E-state index contributed by atoms with van der Waals surface area (Å²) in [6.07, 6.45) is 0. The SMILES string of the molecule is CC(CO)N(C)C(=O)COc1ccccc1CN. The lowest BCUT2D eigenvalue weighted by Gasteiger charge is -2.23. The molecular formula is C13H20N2O3. The van der Waals surface area contributed by atoms with Crippen LogP contribution in [0.15, 0.2) is 24.3 Å². The van der Waals surface area contributed by atoms with Crippen LogP contribution in [0.4, 0.5) is 0 Å². The maximum atomic E-state index is 11.8. The maximum absolute atomic E-state index is 11.8. The van der Waals surface area contributed by atoms with Gasteiger partial charge in [-0.05, 0) is 13.0 Å². The number of hydrogen-bond donors (Lipinski definition) is 2. The molecule has 1 amide bonds. The van der Waals surface area contributed by atoms with Gasteiger partial charge in [0.15, 0.2) is 6.61 Å². The fraction of sp³-hybridized carbons (Fsp3) is 0.462. The normalized spacial score (nSPS) is 12.0. The number of ether oxygens (including phenoxy) is 1. The number of aliphatic hydroxyl groups is 1. The average Bonchev–Trinajstić information content (AvgIpc) is 2.43. The summed E-state index contributed by atoms with van der Waals surface area (Å²) < 4.78 is 5.45. The number of carbonyl (C=O) groups excluding carboxylic acids is 1. The molecule has 18 heavy (non-hydrogen) atoms. The van der Waals surface area contributed by atoms with Gasteiger partial charge < -0.3 is 20.5 Å². The zero-order valence-corrected chi connectivity index (χ0v) is 10.8. The molecule has 0 saturated heterocycles. The fourth-order valence-corrected chi connectivity index (χ4v) is 1.42. The minimum absolute atomic E-state index is 0.0577. The topological polar surface area (TPSA) is 75.8 Å². The Morgan fingerprint density at radius 3 is 2.78 bits per heavy atom. The van der Waals surface area contributed by atoms with Crippen molar-refractivity contribution in [2.45, 2.75) is 19.5 Å². The Kier molecular flexibility index (Phi) is 5.61. The Morgan fingerprint density at radius 1 is 1.50 bits per heavy atom. The highest BCUT2D eigenvalue weighted by Crippen LogP contribution is 2.17. The molecule has 0 bridgehead atoms. The lowest BCUT2D eigenvalue weighted by atomic mass is 10.2. The first-order chi connectivity index (χ1) is 8.60. The predicted molar refractivity (Wildman–Crippen MR) is 69.1 cm³/mol. The van der Waals surface area contributed by atoms with Gasteiger partial charge in [-0.2, -0.15) is 0 Å². The Balaban J connectivity index is 2.57. The van der Waals surface area contributed by atoms with Crippen LogP contribution < -0.4 is 10.5 Å². The monoisotopic (exact) mass is 252 g/mol. The summed E-state index contributed by atoms with van der Waals surface area (Å²) in [5, 5.41) is 8.97. The summed E-state index contributed by atoms with van der Waals surface area (Å²) in [4.78, 5) is 13.2. The Morgan fingerprint density at radius 2 is 2.17 bits per heavy atom. The van der Waals surface area contributed by atoms with Crippen LogP contribution in [0.3, 0.4) is 0 Å². The third kappa shape index (κ3) is 3.72. The van der Waals surface area contributed by atoms with E-state index in [0.717, 1.165) is 5.56 Å². The summed E-state index contributed by atoms with van der Waals surface area (Å²) in [5.41, 5.74) is 6.44. The molecule has 5 heteroatoms. The molecule has 0 saturated carbocycles. The number of rotatable bonds is 6.